The molecule has 1 unspecified atom stereocenters. The standard InChI is InChI=1S/C19H26O3Se/c1-6-7-11-14-19(23-15-12-9-8-10-13-15)16(20)21-18(5,22-19)17(2,3)4/h6,8-10,12-13H,1,7,11,14H2,2-5H3/t18-,19?/m1/s1. The van der Waals surface area contributed by atoms with Gasteiger partial charge in [-0.2, -0.15) is 0 Å². The van der Waals surface area contributed by atoms with Crippen LogP contribution in [0.1, 0.15) is 47.0 Å². The van der Waals surface area contributed by atoms with Crippen LogP contribution in [0.4, 0.5) is 0 Å². The molecule has 2 atom stereocenters. The first-order chi connectivity index (χ1) is 10.7. The molecule has 0 aliphatic carbocycles. The van der Waals surface area contributed by atoms with Crippen molar-refractivity contribution in [1.82, 2.24) is 0 Å². The summed E-state index contributed by atoms with van der Waals surface area (Å²) in [5, 5.41) is 0. The monoisotopic (exact) mass is 382 g/mol. The quantitative estimate of drug-likeness (QED) is 0.328. The van der Waals surface area contributed by atoms with Gasteiger partial charge < -0.3 is 0 Å². The summed E-state index contributed by atoms with van der Waals surface area (Å²) in [5.74, 6) is -1.11. The summed E-state index contributed by atoms with van der Waals surface area (Å²) in [6, 6.07) is 10.1. The summed E-state index contributed by atoms with van der Waals surface area (Å²) < 4.78 is 12.4. The summed E-state index contributed by atoms with van der Waals surface area (Å²) in [4.78, 5) is 12.8. The van der Waals surface area contributed by atoms with Crippen LogP contribution in [0.2, 0.25) is 0 Å². The number of hydrogen-bond donors (Lipinski definition) is 0. The number of allylic oxidation sites excluding steroid dienone is 1. The van der Waals surface area contributed by atoms with Gasteiger partial charge >= 0.3 is 145 Å². The molecule has 2 rings (SSSR count). The summed E-state index contributed by atoms with van der Waals surface area (Å²) in [6.07, 6.45) is 4.29. The molecule has 0 saturated carbocycles. The van der Waals surface area contributed by atoms with Gasteiger partial charge in [0.15, 0.2) is 0 Å². The zero-order valence-corrected chi connectivity index (χ0v) is 16.1. The molecule has 0 N–H and O–H groups in total. The van der Waals surface area contributed by atoms with Gasteiger partial charge in [-0.3, -0.25) is 0 Å². The summed E-state index contributed by atoms with van der Waals surface area (Å²) in [5.41, 5.74) is -0.282. The number of esters is 1. The number of cyclic esters (lactones) is 1. The molecular formula is C19H26O3Se. The van der Waals surface area contributed by atoms with Crippen molar-refractivity contribution in [2.75, 3.05) is 0 Å². The first kappa shape index (κ1) is 18.3. The molecule has 0 spiro atoms. The van der Waals surface area contributed by atoms with Crippen molar-refractivity contribution in [2.24, 2.45) is 5.41 Å². The van der Waals surface area contributed by atoms with Gasteiger partial charge in [-0.05, 0) is 0 Å². The van der Waals surface area contributed by atoms with Gasteiger partial charge in [0.25, 0.3) is 0 Å². The van der Waals surface area contributed by atoms with Gasteiger partial charge in [0.1, 0.15) is 0 Å². The van der Waals surface area contributed by atoms with Crippen LogP contribution in [-0.2, 0) is 14.3 Å². The van der Waals surface area contributed by atoms with E-state index in [1.807, 2.05) is 52.0 Å². The molecule has 126 valence electrons. The van der Waals surface area contributed by atoms with Crippen molar-refractivity contribution in [3.8, 4) is 0 Å². The van der Waals surface area contributed by atoms with Crippen LogP contribution < -0.4 is 4.46 Å². The molecule has 1 aliphatic rings. The van der Waals surface area contributed by atoms with Crippen LogP contribution in [0.3, 0.4) is 0 Å². The molecule has 4 heteroatoms. The third-order valence-corrected chi connectivity index (χ3v) is 6.97. The number of ether oxygens (including phenoxy) is 2. The van der Waals surface area contributed by atoms with E-state index in [1.165, 1.54) is 0 Å². The van der Waals surface area contributed by atoms with E-state index >= 15 is 0 Å². The first-order valence-electron chi connectivity index (χ1n) is 8.01. The zero-order chi connectivity index (χ0) is 17.1. The Labute approximate surface area is 145 Å². The average molecular weight is 381 g/mol. The Bertz CT molecular complexity index is 564. The van der Waals surface area contributed by atoms with E-state index in [0.717, 1.165) is 17.3 Å². The molecule has 3 nitrogen and oxygen atoms in total. The van der Waals surface area contributed by atoms with E-state index in [0.29, 0.717) is 6.42 Å². The van der Waals surface area contributed by atoms with Crippen LogP contribution in [-0.4, -0.2) is 31.2 Å². The fourth-order valence-electron chi connectivity index (χ4n) is 2.36. The fourth-order valence-corrected chi connectivity index (χ4v) is 4.98. The van der Waals surface area contributed by atoms with Crippen molar-refractivity contribution in [3.63, 3.8) is 0 Å². The van der Waals surface area contributed by atoms with E-state index in [9.17, 15) is 4.79 Å². The number of benzene rings is 1. The summed E-state index contributed by atoms with van der Waals surface area (Å²) >= 11 is -0.143. The van der Waals surface area contributed by atoms with Crippen LogP contribution >= 0.6 is 0 Å². The molecule has 0 aromatic heterocycles. The predicted octanol–water partition coefficient (Wildman–Crippen LogP) is 3.40. The van der Waals surface area contributed by atoms with Crippen LogP contribution in [0.15, 0.2) is 43.0 Å². The molecule has 1 aliphatic heterocycles. The number of carbonyl (C=O) groups is 1. The van der Waals surface area contributed by atoms with Crippen molar-refractivity contribution in [2.45, 2.75) is 57.2 Å². The second kappa shape index (κ2) is 6.80. The molecule has 23 heavy (non-hydrogen) atoms. The molecule has 1 aromatic rings. The first-order valence-corrected chi connectivity index (χ1v) is 9.72. The fraction of sp³-hybridized carbons (Fsp3) is 0.526. The maximum atomic E-state index is 12.8. The Hall–Kier alpha value is -1.09. The summed E-state index contributed by atoms with van der Waals surface area (Å²) in [6.45, 7) is 11.8. The third-order valence-electron chi connectivity index (χ3n) is 4.26. The zero-order valence-electron chi connectivity index (χ0n) is 14.4. The molecular weight excluding hydrogens is 355 g/mol. The van der Waals surface area contributed by atoms with Crippen molar-refractivity contribution >= 4 is 25.4 Å². The van der Waals surface area contributed by atoms with Crippen molar-refractivity contribution < 1.29 is 14.3 Å². The molecule has 1 saturated heterocycles. The SMILES string of the molecule is C=CCCCC1([Se]c2ccccc2)O[C@](C)(C(C)(C)C)OC1=O. The molecule has 0 amide bonds. The second-order valence-corrected chi connectivity index (χ2v) is 9.84. The maximum absolute atomic E-state index is 12.8. The topological polar surface area (TPSA) is 35.5 Å². The molecule has 1 heterocycles. The number of carbonyl (C=O) groups excluding carboxylic acids is 1. The average Bonchev–Trinajstić information content (AvgIpc) is 2.72. The predicted molar refractivity (Wildman–Crippen MR) is 93.6 cm³/mol. The second-order valence-electron chi connectivity index (χ2n) is 7.04. The van der Waals surface area contributed by atoms with Gasteiger partial charge in [-0.15, -0.1) is 0 Å². The van der Waals surface area contributed by atoms with Crippen LogP contribution in [0, 0.1) is 5.41 Å². The molecule has 1 fully saturated rings. The van der Waals surface area contributed by atoms with E-state index in [-0.39, 0.29) is 26.3 Å². The Morgan fingerprint density at radius 3 is 2.43 bits per heavy atom. The van der Waals surface area contributed by atoms with Gasteiger partial charge in [-0.1, -0.05) is 0 Å². The van der Waals surface area contributed by atoms with Gasteiger partial charge in [0, 0.05) is 0 Å². The van der Waals surface area contributed by atoms with E-state index in [1.54, 1.807) is 0 Å². The van der Waals surface area contributed by atoms with Crippen LogP contribution in [0.25, 0.3) is 0 Å². The minimum atomic E-state index is -0.894. The third kappa shape index (κ3) is 3.88. The Morgan fingerprint density at radius 2 is 1.91 bits per heavy atom. The van der Waals surface area contributed by atoms with E-state index in [4.69, 9.17) is 9.47 Å². The van der Waals surface area contributed by atoms with Crippen molar-refractivity contribution in [3.05, 3.63) is 43.0 Å². The molecule has 0 radical (unpaired) electrons. The van der Waals surface area contributed by atoms with Crippen molar-refractivity contribution in [1.29, 1.82) is 0 Å². The summed E-state index contributed by atoms with van der Waals surface area (Å²) in [7, 11) is 0. The van der Waals surface area contributed by atoms with Gasteiger partial charge in [0.05, 0.1) is 0 Å². The number of rotatable bonds is 6. The normalized spacial score (nSPS) is 27.7. The van der Waals surface area contributed by atoms with Gasteiger partial charge in [0.2, 0.25) is 0 Å². The number of hydrogen-bond acceptors (Lipinski definition) is 3. The van der Waals surface area contributed by atoms with E-state index < -0.39 is 10.3 Å². The van der Waals surface area contributed by atoms with Gasteiger partial charge in [-0.25, -0.2) is 0 Å². The van der Waals surface area contributed by atoms with E-state index in [2.05, 4.69) is 18.7 Å². The molecule has 0 bridgehead atoms. The Morgan fingerprint density at radius 1 is 1.26 bits per heavy atom. The molecule has 1 aromatic carbocycles. The number of unbranched alkanes of at least 4 members (excludes halogenated alkanes) is 1. The van der Waals surface area contributed by atoms with Crippen LogP contribution in [0.5, 0.6) is 0 Å². The minimum absolute atomic E-state index is 0.143. The Kier molecular flexibility index (Phi) is 5.40. The Balaban J connectivity index is 2.30.